The summed E-state index contributed by atoms with van der Waals surface area (Å²) < 4.78 is 5.72. The molecule has 0 aliphatic carbocycles. The number of hydrogen-bond acceptors (Lipinski definition) is 3. The average Bonchev–Trinajstić information content (AvgIpc) is 2.57. The lowest BCUT2D eigenvalue weighted by atomic mass is 10.1. The van der Waals surface area contributed by atoms with Crippen LogP contribution in [0.15, 0.2) is 53.6 Å². The highest BCUT2D eigenvalue weighted by Gasteiger charge is 2.05. The van der Waals surface area contributed by atoms with E-state index < -0.39 is 0 Å². The molecular formula is C20H20ClNOS. The highest BCUT2D eigenvalue weighted by molar-refractivity contribution is 7.99. The van der Waals surface area contributed by atoms with Gasteiger partial charge in [-0.1, -0.05) is 29.8 Å². The van der Waals surface area contributed by atoms with Crippen molar-refractivity contribution in [3.8, 4) is 5.75 Å². The van der Waals surface area contributed by atoms with Gasteiger partial charge >= 0.3 is 0 Å². The number of para-hydroxylation sites is 1. The third-order valence-electron chi connectivity index (χ3n) is 3.85. The van der Waals surface area contributed by atoms with Gasteiger partial charge in [-0.2, -0.15) is 0 Å². The Morgan fingerprint density at radius 2 is 1.83 bits per heavy atom. The molecule has 0 N–H and O–H groups in total. The van der Waals surface area contributed by atoms with Crippen LogP contribution in [0.5, 0.6) is 5.75 Å². The number of benzene rings is 2. The fourth-order valence-corrected chi connectivity index (χ4v) is 3.57. The van der Waals surface area contributed by atoms with Crippen molar-refractivity contribution in [3.63, 3.8) is 0 Å². The molecule has 0 saturated carbocycles. The Hall–Kier alpha value is -1.71. The second kappa shape index (κ2) is 7.91. The smallest absolute Gasteiger partial charge is 0.119 e. The molecule has 2 aromatic carbocycles. The predicted molar refractivity (Wildman–Crippen MR) is 104 cm³/mol. The van der Waals surface area contributed by atoms with Crippen LogP contribution >= 0.6 is 23.4 Å². The highest BCUT2D eigenvalue weighted by Crippen LogP contribution is 2.26. The molecule has 124 valence electrons. The predicted octanol–water partition coefficient (Wildman–Crippen LogP) is 6.07. The molecule has 0 aliphatic heterocycles. The zero-order valence-electron chi connectivity index (χ0n) is 13.9. The number of pyridine rings is 1. The fraction of sp³-hybridized carbons (Fsp3) is 0.250. The summed E-state index contributed by atoms with van der Waals surface area (Å²) in [6.07, 6.45) is 0.972. The van der Waals surface area contributed by atoms with E-state index in [1.165, 1.54) is 16.5 Å². The number of aromatic nitrogens is 1. The minimum atomic E-state index is 0.695. The number of ether oxygens (including phenoxy) is 1. The van der Waals surface area contributed by atoms with Crippen molar-refractivity contribution in [2.75, 3.05) is 12.4 Å². The molecule has 0 spiro atoms. The molecule has 0 fully saturated rings. The zero-order chi connectivity index (χ0) is 16.9. The number of rotatable bonds is 6. The van der Waals surface area contributed by atoms with E-state index in [1.807, 2.05) is 24.3 Å². The molecule has 0 radical (unpaired) electrons. The summed E-state index contributed by atoms with van der Waals surface area (Å²) in [5, 5.41) is 3.05. The van der Waals surface area contributed by atoms with Gasteiger partial charge in [0.05, 0.1) is 17.1 Å². The summed E-state index contributed by atoms with van der Waals surface area (Å²) in [6, 6.07) is 16.0. The van der Waals surface area contributed by atoms with Gasteiger partial charge < -0.3 is 4.74 Å². The van der Waals surface area contributed by atoms with Gasteiger partial charge in [0, 0.05) is 16.2 Å². The number of hydrogen-bond donors (Lipinski definition) is 0. The van der Waals surface area contributed by atoms with E-state index in [4.69, 9.17) is 21.3 Å². The monoisotopic (exact) mass is 357 g/mol. The molecule has 0 unspecified atom stereocenters. The maximum Gasteiger partial charge on any atom is 0.119 e. The normalized spacial score (nSPS) is 11.0. The Morgan fingerprint density at radius 3 is 2.62 bits per heavy atom. The molecule has 0 aliphatic rings. The zero-order valence-corrected chi connectivity index (χ0v) is 15.5. The van der Waals surface area contributed by atoms with E-state index in [-0.39, 0.29) is 0 Å². The molecule has 0 bridgehead atoms. The summed E-state index contributed by atoms with van der Waals surface area (Å²) in [4.78, 5) is 4.81. The summed E-state index contributed by atoms with van der Waals surface area (Å²) in [6.45, 7) is 4.96. The van der Waals surface area contributed by atoms with Crippen LogP contribution in [0.3, 0.4) is 0 Å². The Morgan fingerprint density at radius 1 is 1.04 bits per heavy atom. The van der Waals surface area contributed by atoms with Crippen molar-refractivity contribution < 1.29 is 4.74 Å². The van der Waals surface area contributed by atoms with Crippen molar-refractivity contribution in [1.82, 2.24) is 4.98 Å². The first-order chi connectivity index (χ1) is 11.6. The lowest BCUT2D eigenvalue weighted by Crippen LogP contribution is -1.99. The molecule has 2 nitrogen and oxygen atoms in total. The maximum atomic E-state index is 5.86. The van der Waals surface area contributed by atoms with Crippen LogP contribution in [0, 0.1) is 13.8 Å². The second-order valence-electron chi connectivity index (χ2n) is 5.75. The van der Waals surface area contributed by atoms with E-state index in [2.05, 4.69) is 38.1 Å². The van der Waals surface area contributed by atoms with Gasteiger partial charge in [0.15, 0.2) is 0 Å². The number of fused-ring (bicyclic) bond motifs is 1. The minimum Gasteiger partial charge on any atom is -0.494 e. The standard InChI is InChI=1S/C20H20ClNOS/c1-14-5-3-6-18-15(2)13-19(22-20(14)18)24-12-4-11-23-17-9-7-16(21)8-10-17/h3,5-10,13H,4,11-12H2,1-2H3. The Bertz CT molecular complexity index is 833. The van der Waals surface area contributed by atoms with E-state index in [0.29, 0.717) is 6.61 Å². The molecule has 3 rings (SSSR count). The first kappa shape index (κ1) is 17.1. The lowest BCUT2D eigenvalue weighted by molar-refractivity contribution is 0.318. The average molecular weight is 358 g/mol. The molecule has 24 heavy (non-hydrogen) atoms. The number of nitrogens with zero attached hydrogens (tertiary/aromatic N) is 1. The van der Waals surface area contributed by atoms with Crippen LogP contribution in [0.4, 0.5) is 0 Å². The SMILES string of the molecule is Cc1cc(SCCCOc2ccc(Cl)cc2)nc2c(C)cccc12. The van der Waals surface area contributed by atoms with Gasteiger partial charge in [0.25, 0.3) is 0 Å². The van der Waals surface area contributed by atoms with Crippen LogP contribution in [-0.4, -0.2) is 17.3 Å². The molecule has 1 aromatic heterocycles. The number of thioether (sulfide) groups is 1. The van der Waals surface area contributed by atoms with Crippen LogP contribution < -0.4 is 4.74 Å². The Labute approximate surface area is 152 Å². The number of aryl methyl sites for hydroxylation is 2. The quantitative estimate of drug-likeness (QED) is 0.395. The van der Waals surface area contributed by atoms with Crippen LogP contribution in [-0.2, 0) is 0 Å². The third kappa shape index (κ3) is 4.22. The lowest BCUT2D eigenvalue weighted by Gasteiger charge is -2.09. The van der Waals surface area contributed by atoms with Gasteiger partial charge in [-0.3, -0.25) is 0 Å². The van der Waals surface area contributed by atoms with Crippen molar-refractivity contribution in [1.29, 1.82) is 0 Å². The van der Waals surface area contributed by atoms with Gasteiger partial charge in [-0.05, 0) is 61.7 Å². The first-order valence-electron chi connectivity index (χ1n) is 8.01. The van der Waals surface area contributed by atoms with E-state index in [9.17, 15) is 0 Å². The maximum absolute atomic E-state index is 5.86. The molecule has 0 amide bonds. The van der Waals surface area contributed by atoms with Crippen molar-refractivity contribution >= 4 is 34.3 Å². The van der Waals surface area contributed by atoms with Gasteiger partial charge in [-0.15, -0.1) is 11.8 Å². The van der Waals surface area contributed by atoms with Gasteiger partial charge in [0.2, 0.25) is 0 Å². The van der Waals surface area contributed by atoms with E-state index in [1.54, 1.807) is 11.8 Å². The van der Waals surface area contributed by atoms with E-state index >= 15 is 0 Å². The minimum absolute atomic E-state index is 0.695. The summed E-state index contributed by atoms with van der Waals surface area (Å²) in [7, 11) is 0. The largest absolute Gasteiger partial charge is 0.494 e. The molecule has 4 heteroatoms. The van der Waals surface area contributed by atoms with Crippen molar-refractivity contribution in [2.45, 2.75) is 25.3 Å². The Kier molecular flexibility index (Phi) is 5.64. The van der Waals surface area contributed by atoms with Crippen LogP contribution in [0.2, 0.25) is 5.02 Å². The molecule has 3 aromatic rings. The van der Waals surface area contributed by atoms with Gasteiger partial charge in [-0.25, -0.2) is 4.98 Å². The van der Waals surface area contributed by atoms with Gasteiger partial charge in [0.1, 0.15) is 5.75 Å². The fourth-order valence-electron chi connectivity index (χ4n) is 2.56. The third-order valence-corrected chi connectivity index (χ3v) is 5.10. The second-order valence-corrected chi connectivity index (χ2v) is 7.30. The first-order valence-corrected chi connectivity index (χ1v) is 9.38. The van der Waals surface area contributed by atoms with Crippen LogP contribution in [0.1, 0.15) is 17.5 Å². The molecular weight excluding hydrogens is 338 g/mol. The van der Waals surface area contributed by atoms with Crippen LogP contribution in [0.25, 0.3) is 10.9 Å². The molecule has 0 atom stereocenters. The summed E-state index contributed by atoms with van der Waals surface area (Å²) >= 11 is 7.65. The number of halogens is 1. The van der Waals surface area contributed by atoms with Crippen molar-refractivity contribution in [3.05, 3.63) is 64.7 Å². The van der Waals surface area contributed by atoms with Crippen molar-refractivity contribution in [2.24, 2.45) is 0 Å². The summed E-state index contributed by atoms with van der Waals surface area (Å²) in [5.74, 6) is 1.84. The summed E-state index contributed by atoms with van der Waals surface area (Å²) in [5.41, 5.74) is 3.62. The van der Waals surface area contributed by atoms with E-state index in [0.717, 1.165) is 33.5 Å². The topological polar surface area (TPSA) is 22.1 Å². The Balaban J connectivity index is 1.54. The molecule has 0 saturated heterocycles. The molecule has 1 heterocycles. The highest BCUT2D eigenvalue weighted by atomic mass is 35.5.